The molecule has 0 aliphatic rings. The lowest BCUT2D eigenvalue weighted by atomic mass is 10.1. The fraction of sp³-hybridized carbons (Fsp3) is 0.350. The zero-order valence-electron chi connectivity index (χ0n) is 17.1. The van der Waals surface area contributed by atoms with Gasteiger partial charge in [-0.25, -0.2) is 8.42 Å². The fourth-order valence-electron chi connectivity index (χ4n) is 2.84. The first-order chi connectivity index (χ1) is 13.7. The van der Waals surface area contributed by atoms with Gasteiger partial charge in [-0.15, -0.1) is 11.8 Å². The lowest BCUT2D eigenvalue weighted by molar-refractivity contribution is -0.120. The largest absolute Gasteiger partial charge is 0.497 e. The molecule has 2 aromatic carbocycles. The number of carbonyl (C=O) groups is 1. The third kappa shape index (κ3) is 6.04. The van der Waals surface area contributed by atoms with E-state index >= 15 is 0 Å². The van der Waals surface area contributed by atoms with Gasteiger partial charge in [0.2, 0.25) is 15.9 Å². The maximum atomic E-state index is 12.7. The Morgan fingerprint density at radius 2 is 1.90 bits per heavy atom. The number of anilines is 1. The van der Waals surface area contributed by atoms with Crippen molar-refractivity contribution in [3.63, 3.8) is 0 Å². The van der Waals surface area contributed by atoms with Gasteiger partial charge in [0, 0.05) is 10.5 Å². The predicted molar refractivity (Wildman–Crippen MR) is 117 cm³/mol. The summed E-state index contributed by atoms with van der Waals surface area (Å²) in [5.74, 6) is 0.808. The van der Waals surface area contributed by atoms with Gasteiger partial charge in [-0.3, -0.25) is 9.10 Å². The molecule has 2 rings (SSSR count). The molecule has 7 nitrogen and oxygen atoms in total. The molecule has 0 aromatic heterocycles. The molecule has 0 saturated heterocycles. The number of amides is 1. The number of hydrogen-bond acceptors (Lipinski definition) is 6. The van der Waals surface area contributed by atoms with Gasteiger partial charge in [-0.2, -0.15) is 0 Å². The molecule has 0 aliphatic carbocycles. The van der Waals surface area contributed by atoms with Gasteiger partial charge in [-0.1, -0.05) is 6.07 Å². The summed E-state index contributed by atoms with van der Waals surface area (Å²) in [7, 11) is -0.541. The molecule has 0 heterocycles. The predicted octanol–water partition coefficient (Wildman–Crippen LogP) is 3.07. The third-order valence-corrected chi connectivity index (χ3v) is 6.18. The standard InChI is InChI=1S/C20H26N2O5S2/c1-14(18-12-16(26-2)9-10-19(18)27-3)21-20(23)13-22(29(5,24)25)15-7-6-8-17(11-15)28-4/h6-12,14H,13H2,1-5H3,(H,21,23). The molecule has 0 aliphatic heterocycles. The minimum atomic E-state index is -3.64. The maximum Gasteiger partial charge on any atom is 0.241 e. The lowest BCUT2D eigenvalue weighted by Crippen LogP contribution is -2.41. The van der Waals surface area contributed by atoms with Crippen molar-refractivity contribution in [3.8, 4) is 11.5 Å². The Bertz CT molecular complexity index is 963. The fourth-order valence-corrected chi connectivity index (χ4v) is 4.14. The molecule has 0 radical (unpaired) electrons. The van der Waals surface area contributed by atoms with Gasteiger partial charge in [0.05, 0.1) is 32.2 Å². The van der Waals surface area contributed by atoms with E-state index < -0.39 is 22.0 Å². The van der Waals surface area contributed by atoms with Crippen LogP contribution in [0.4, 0.5) is 5.69 Å². The molecule has 29 heavy (non-hydrogen) atoms. The number of nitrogens with zero attached hydrogens (tertiary/aromatic N) is 1. The van der Waals surface area contributed by atoms with Crippen molar-refractivity contribution < 1.29 is 22.7 Å². The van der Waals surface area contributed by atoms with Crippen LogP contribution in [0, 0.1) is 0 Å². The van der Waals surface area contributed by atoms with Gasteiger partial charge in [0.25, 0.3) is 0 Å². The molecule has 0 spiro atoms. The molecule has 0 fully saturated rings. The molecule has 0 bridgehead atoms. The average molecular weight is 439 g/mol. The number of carbonyl (C=O) groups excluding carboxylic acids is 1. The number of benzene rings is 2. The Hall–Kier alpha value is -2.39. The summed E-state index contributed by atoms with van der Waals surface area (Å²) in [4.78, 5) is 13.6. The van der Waals surface area contributed by atoms with Crippen molar-refractivity contribution in [1.82, 2.24) is 5.32 Å². The first kappa shape index (κ1) is 22.9. The molecular weight excluding hydrogens is 412 g/mol. The first-order valence-corrected chi connectivity index (χ1v) is 11.9. The quantitative estimate of drug-likeness (QED) is 0.606. The van der Waals surface area contributed by atoms with E-state index in [4.69, 9.17) is 9.47 Å². The average Bonchev–Trinajstić information content (AvgIpc) is 2.70. The Labute approximate surface area is 176 Å². The highest BCUT2D eigenvalue weighted by Gasteiger charge is 2.23. The molecule has 1 unspecified atom stereocenters. The Kier molecular flexibility index (Phi) is 7.80. The van der Waals surface area contributed by atoms with E-state index in [1.165, 1.54) is 11.8 Å². The van der Waals surface area contributed by atoms with Crippen LogP contribution in [0.3, 0.4) is 0 Å². The molecule has 2 aromatic rings. The maximum absolute atomic E-state index is 12.7. The second-order valence-corrected chi connectivity index (χ2v) is 9.15. The molecule has 1 N–H and O–H groups in total. The van der Waals surface area contributed by atoms with Crippen molar-refractivity contribution >= 4 is 33.4 Å². The van der Waals surface area contributed by atoms with Crippen LogP contribution in [-0.2, 0) is 14.8 Å². The van der Waals surface area contributed by atoms with Crippen LogP contribution >= 0.6 is 11.8 Å². The van der Waals surface area contributed by atoms with E-state index in [1.54, 1.807) is 57.5 Å². The van der Waals surface area contributed by atoms with Gasteiger partial charge in [-0.05, 0) is 49.6 Å². The van der Waals surface area contributed by atoms with E-state index in [2.05, 4.69) is 5.32 Å². The smallest absolute Gasteiger partial charge is 0.241 e. The molecular formula is C20H26N2O5S2. The van der Waals surface area contributed by atoms with Gasteiger partial charge < -0.3 is 14.8 Å². The Morgan fingerprint density at radius 1 is 1.17 bits per heavy atom. The number of nitrogens with one attached hydrogen (secondary N) is 1. The second-order valence-electron chi connectivity index (χ2n) is 6.37. The van der Waals surface area contributed by atoms with Crippen LogP contribution in [0.2, 0.25) is 0 Å². The van der Waals surface area contributed by atoms with E-state index in [9.17, 15) is 13.2 Å². The summed E-state index contributed by atoms with van der Waals surface area (Å²) in [6.07, 6.45) is 2.99. The Morgan fingerprint density at radius 3 is 2.48 bits per heavy atom. The minimum absolute atomic E-state index is 0.326. The van der Waals surface area contributed by atoms with Crippen LogP contribution < -0.4 is 19.1 Å². The molecule has 1 atom stereocenters. The van der Waals surface area contributed by atoms with Gasteiger partial charge in [0.1, 0.15) is 18.0 Å². The van der Waals surface area contributed by atoms with Crippen molar-refractivity contribution in [2.75, 3.05) is 37.6 Å². The highest BCUT2D eigenvalue weighted by Crippen LogP contribution is 2.29. The van der Waals surface area contributed by atoms with Crippen LogP contribution in [0.25, 0.3) is 0 Å². The minimum Gasteiger partial charge on any atom is -0.497 e. The van der Waals surface area contributed by atoms with Crippen molar-refractivity contribution in [1.29, 1.82) is 0 Å². The van der Waals surface area contributed by atoms with Crippen LogP contribution in [-0.4, -0.2) is 47.6 Å². The highest BCUT2D eigenvalue weighted by atomic mass is 32.2. The summed E-state index contributed by atoms with van der Waals surface area (Å²) >= 11 is 1.50. The zero-order chi connectivity index (χ0) is 21.6. The van der Waals surface area contributed by atoms with E-state index in [0.29, 0.717) is 17.2 Å². The summed E-state index contributed by atoms with van der Waals surface area (Å²) in [5.41, 5.74) is 1.18. The topological polar surface area (TPSA) is 84.9 Å². The number of methoxy groups -OCH3 is 2. The number of ether oxygens (including phenoxy) is 2. The van der Waals surface area contributed by atoms with E-state index in [-0.39, 0.29) is 6.54 Å². The molecule has 158 valence electrons. The zero-order valence-corrected chi connectivity index (χ0v) is 18.8. The number of hydrogen-bond donors (Lipinski definition) is 1. The summed E-state index contributed by atoms with van der Waals surface area (Å²) in [6.45, 7) is 1.47. The lowest BCUT2D eigenvalue weighted by Gasteiger charge is -2.24. The third-order valence-electron chi connectivity index (χ3n) is 4.31. The number of thioether (sulfide) groups is 1. The van der Waals surface area contributed by atoms with Crippen LogP contribution in [0.15, 0.2) is 47.4 Å². The van der Waals surface area contributed by atoms with E-state index in [0.717, 1.165) is 21.0 Å². The Balaban J connectivity index is 2.22. The van der Waals surface area contributed by atoms with Gasteiger partial charge >= 0.3 is 0 Å². The second kappa shape index (κ2) is 9.89. The first-order valence-electron chi connectivity index (χ1n) is 8.82. The van der Waals surface area contributed by atoms with Crippen LogP contribution in [0.5, 0.6) is 11.5 Å². The summed E-state index contributed by atoms with van der Waals surface area (Å²) in [5, 5.41) is 2.84. The number of rotatable bonds is 9. The molecule has 9 heteroatoms. The van der Waals surface area contributed by atoms with Crippen molar-refractivity contribution in [2.45, 2.75) is 17.9 Å². The van der Waals surface area contributed by atoms with Crippen LogP contribution in [0.1, 0.15) is 18.5 Å². The molecule has 0 saturated carbocycles. The summed E-state index contributed by atoms with van der Waals surface area (Å²) in [6, 6.07) is 11.9. The SMILES string of the molecule is COc1ccc(OC)c(C(C)NC(=O)CN(c2cccc(SC)c2)S(C)(=O)=O)c1. The molecule has 1 amide bonds. The summed E-state index contributed by atoms with van der Waals surface area (Å²) < 4.78 is 36.3. The van der Waals surface area contributed by atoms with Crippen molar-refractivity contribution in [3.05, 3.63) is 48.0 Å². The van der Waals surface area contributed by atoms with Crippen molar-refractivity contribution in [2.24, 2.45) is 0 Å². The normalized spacial score (nSPS) is 12.2. The monoisotopic (exact) mass is 438 g/mol. The highest BCUT2D eigenvalue weighted by molar-refractivity contribution is 7.98. The van der Waals surface area contributed by atoms with E-state index in [1.807, 2.05) is 12.3 Å². The van der Waals surface area contributed by atoms with Gasteiger partial charge in [0.15, 0.2) is 0 Å². The number of sulfonamides is 1.